The third-order valence-electron chi connectivity index (χ3n) is 3.51. The van der Waals surface area contributed by atoms with Gasteiger partial charge in [-0.05, 0) is 31.6 Å². The fraction of sp³-hybridized carbons (Fsp3) is 0.750. The Kier molecular flexibility index (Phi) is 8.00. The maximum Gasteiger partial charge on any atom is 0.320 e. The van der Waals surface area contributed by atoms with E-state index in [1.54, 1.807) is 0 Å². The number of rotatable bonds is 9. The van der Waals surface area contributed by atoms with Crippen LogP contribution in [0.15, 0.2) is 12.2 Å². The van der Waals surface area contributed by atoms with E-state index in [1.807, 2.05) is 26.0 Å². The molecule has 1 aliphatic rings. The van der Waals surface area contributed by atoms with Crippen molar-refractivity contribution in [2.24, 2.45) is 11.8 Å². The predicted octanol–water partition coefficient (Wildman–Crippen LogP) is 3.26. The number of hydrogen-bond donors (Lipinski definition) is 0. The van der Waals surface area contributed by atoms with Crippen molar-refractivity contribution in [2.45, 2.75) is 52.4 Å². The monoisotopic (exact) mass is 282 g/mol. The van der Waals surface area contributed by atoms with E-state index in [4.69, 9.17) is 9.47 Å². The Bertz CT molecular complexity index is 305. The lowest BCUT2D eigenvalue weighted by atomic mass is 9.90. The Morgan fingerprint density at radius 2 is 1.45 bits per heavy atom. The highest BCUT2D eigenvalue weighted by molar-refractivity contribution is 5.95. The molecule has 0 aromatic rings. The van der Waals surface area contributed by atoms with Crippen LogP contribution in [-0.2, 0) is 19.1 Å². The number of carbonyl (C=O) groups excluding carboxylic acids is 2. The topological polar surface area (TPSA) is 52.6 Å². The van der Waals surface area contributed by atoms with Gasteiger partial charge in [-0.1, -0.05) is 38.8 Å². The molecule has 1 aliphatic carbocycles. The highest BCUT2D eigenvalue weighted by Crippen LogP contribution is 2.28. The average molecular weight is 282 g/mol. The molecule has 0 saturated carbocycles. The number of esters is 2. The molecular weight excluding hydrogens is 256 g/mol. The van der Waals surface area contributed by atoms with Crippen LogP contribution in [0.1, 0.15) is 52.4 Å². The molecule has 1 rings (SSSR count). The van der Waals surface area contributed by atoms with Gasteiger partial charge in [-0.25, -0.2) is 0 Å². The minimum Gasteiger partial charge on any atom is -0.465 e. The van der Waals surface area contributed by atoms with E-state index in [2.05, 4.69) is 0 Å². The van der Waals surface area contributed by atoms with Gasteiger partial charge in [0.05, 0.1) is 13.2 Å². The Morgan fingerprint density at radius 1 is 1.00 bits per heavy atom. The highest BCUT2D eigenvalue weighted by atomic mass is 16.6. The molecule has 4 nitrogen and oxygen atoms in total. The highest BCUT2D eigenvalue weighted by Gasteiger charge is 2.37. The van der Waals surface area contributed by atoms with Crippen LogP contribution in [-0.4, -0.2) is 25.2 Å². The summed E-state index contributed by atoms with van der Waals surface area (Å²) >= 11 is 0. The average Bonchev–Trinajstić information content (AvgIpc) is 2.93. The maximum atomic E-state index is 12.1. The fourth-order valence-corrected chi connectivity index (χ4v) is 2.21. The zero-order valence-electron chi connectivity index (χ0n) is 12.6. The second kappa shape index (κ2) is 9.56. The molecular formula is C16H26O4. The summed E-state index contributed by atoms with van der Waals surface area (Å²) in [5.74, 6) is -1.61. The molecule has 0 aliphatic heterocycles. The van der Waals surface area contributed by atoms with Crippen LogP contribution in [0.2, 0.25) is 0 Å². The molecule has 0 fully saturated rings. The Hall–Kier alpha value is -1.32. The molecule has 0 spiro atoms. The maximum absolute atomic E-state index is 12.1. The third kappa shape index (κ3) is 5.35. The summed E-state index contributed by atoms with van der Waals surface area (Å²) in [5, 5.41) is 0. The lowest BCUT2D eigenvalue weighted by Gasteiger charge is -2.20. The van der Waals surface area contributed by atoms with Crippen LogP contribution < -0.4 is 0 Å². The smallest absolute Gasteiger partial charge is 0.320 e. The van der Waals surface area contributed by atoms with Gasteiger partial charge in [0.1, 0.15) is 0 Å². The van der Waals surface area contributed by atoms with Crippen molar-refractivity contribution in [3.8, 4) is 0 Å². The number of unbranched alkanes of at least 4 members (excludes halogenated alkanes) is 2. The van der Waals surface area contributed by atoms with Gasteiger partial charge in [-0.15, -0.1) is 0 Å². The second-order valence-corrected chi connectivity index (χ2v) is 5.22. The summed E-state index contributed by atoms with van der Waals surface area (Å²) in [6, 6.07) is 0. The molecule has 4 heteroatoms. The van der Waals surface area contributed by atoms with Gasteiger partial charge in [0.25, 0.3) is 0 Å². The molecule has 0 N–H and O–H groups in total. The van der Waals surface area contributed by atoms with Crippen LogP contribution in [0.3, 0.4) is 0 Å². The van der Waals surface area contributed by atoms with Gasteiger partial charge < -0.3 is 9.47 Å². The van der Waals surface area contributed by atoms with Crippen molar-refractivity contribution >= 4 is 11.9 Å². The van der Waals surface area contributed by atoms with Crippen LogP contribution in [0.25, 0.3) is 0 Å². The fourth-order valence-electron chi connectivity index (χ4n) is 2.21. The standard InChI is InChI=1S/C16H26O4/c1-3-5-11-19-15(17)14(13-9-7-8-10-13)16(18)20-12-6-4-2/h7-8,13-14H,3-6,9-12H2,1-2H3. The number of hydrogen-bond acceptors (Lipinski definition) is 4. The Balaban J connectivity index is 2.54. The van der Waals surface area contributed by atoms with Crippen molar-refractivity contribution in [1.82, 2.24) is 0 Å². The summed E-state index contributed by atoms with van der Waals surface area (Å²) in [4.78, 5) is 24.3. The van der Waals surface area contributed by atoms with E-state index in [0.717, 1.165) is 38.5 Å². The first-order valence-corrected chi connectivity index (χ1v) is 7.69. The molecule has 0 aromatic heterocycles. The minimum atomic E-state index is -0.765. The SMILES string of the molecule is CCCCOC(=O)C(C(=O)OCCCC)C1CC=CC1. The van der Waals surface area contributed by atoms with Crippen LogP contribution in [0.5, 0.6) is 0 Å². The number of ether oxygens (including phenoxy) is 2. The van der Waals surface area contributed by atoms with Gasteiger partial charge in [0.15, 0.2) is 5.92 Å². The first-order chi connectivity index (χ1) is 9.70. The molecule has 114 valence electrons. The van der Waals surface area contributed by atoms with E-state index in [-0.39, 0.29) is 5.92 Å². The van der Waals surface area contributed by atoms with Crippen molar-refractivity contribution in [3.05, 3.63) is 12.2 Å². The van der Waals surface area contributed by atoms with Gasteiger partial charge in [-0.2, -0.15) is 0 Å². The van der Waals surface area contributed by atoms with Crippen molar-refractivity contribution in [1.29, 1.82) is 0 Å². The van der Waals surface area contributed by atoms with Gasteiger partial charge >= 0.3 is 11.9 Å². The van der Waals surface area contributed by atoms with Crippen LogP contribution in [0, 0.1) is 11.8 Å². The first-order valence-electron chi connectivity index (χ1n) is 7.69. The zero-order chi connectivity index (χ0) is 14.8. The third-order valence-corrected chi connectivity index (χ3v) is 3.51. The first kappa shape index (κ1) is 16.7. The summed E-state index contributed by atoms with van der Waals surface area (Å²) < 4.78 is 10.4. The molecule has 0 atom stereocenters. The Labute approximate surface area is 121 Å². The lowest BCUT2D eigenvalue weighted by Crippen LogP contribution is -2.34. The molecule has 0 amide bonds. The zero-order valence-corrected chi connectivity index (χ0v) is 12.6. The second-order valence-electron chi connectivity index (χ2n) is 5.22. The molecule has 0 heterocycles. The van der Waals surface area contributed by atoms with Gasteiger partial charge in [0.2, 0.25) is 0 Å². The molecule has 0 saturated heterocycles. The lowest BCUT2D eigenvalue weighted by molar-refractivity contribution is -0.165. The summed E-state index contributed by atoms with van der Waals surface area (Å²) in [7, 11) is 0. The quantitative estimate of drug-likeness (QED) is 0.282. The summed E-state index contributed by atoms with van der Waals surface area (Å²) in [6.45, 7) is 4.83. The van der Waals surface area contributed by atoms with Crippen LogP contribution >= 0.6 is 0 Å². The van der Waals surface area contributed by atoms with E-state index < -0.39 is 17.9 Å². The van der Waals surface area contributed by atoms with Gasteiger partial charge in [-0.3, -0.25) is 9.59 Å². The summed E-state index contributed by atoms with van der Waals surface area (Å²) in [5.41, 5.74) is 0. The number of carbonyl (C=O) groups is 2. The van der Waals surface area contributed by atoms with Crippen LogP contribution in [0.4, 0.5) is 0 Å². The molecule has 20 heavy (non-hydrogen) atoms. The normalized spacial score (nSPS) is 14.8. The van der Waals surface area contributed by atoms with E-state index in [9.17, 15) is 9.59 Å². The minimum absolute atomic E-state index is 0.00162. The molecule has 0 unspecified atom stereocenters. The van der Waals surface area contributed by atoms with Crippen molar-refractivity contribution in [2.75, 3.05) is 13.2 Å². The molecule has 0 bridgehead atoms. The summed E-state index contributed by atoms with van der Waals surface area (Å²) in [6.07, 6.45) is 9.09. The largest absolute Gasteiger partial charge is 0.465 e. The molecule has 0 aromatic carbocycles. The predicted molar refractivity (Wildman–Crippen MR) is 77.1 cm³/mol. The van der Waals surface area contributed by atoms with E-state index in [1.165, 1.54) is 0 Å². The van der Waals surface area contributed by atoms with Crippen molar-refractivity contribution < 1.29 is 19.1 Å². The molecule has 0 radical (unpaired) electrons. The van der Waals surface area contributed by atoms with E-state index in [0.29, 0.717) is 13.2 Å². The van der Waals surface area contributed by atoms with E-state index >= 15 is 0 Å². The van der Waals surface area contributed by atoms with Gasteiger partial charge in [0, 0.05) is 0 Å². The number of allylic oxidation sites excluding steroid dienone is 2. The van der Waals surface area contributed by atoms with Crippen molar-refractivity contribution in [3.63, 3.8) is 0 Å². The Morgan fingerprint density at radius 3 is 1.85 bits per heavy atom.